The highest BCUT2D eigenvalue weighted by molar-refractivity contribution is 5.46. The Morgan fingerprint density at radius 3 is 2.78 bits per heavy atom. The van der Waals surface area contributed by atoms with Gasteiger partial charge in [-0.05, 0) is 54.7 Å². The lowest BCUT2D eigenvalue weighted by atomic mass is 9.98. The van der Waals surface area contributed by atoms with Crippen LogP contribution in [0, 0.1) is 25.2 Å². The number of rotatable bonds is 7. The molecule has 5 heteroatoms. The number of nitriles is 1. The standard InChI is InChI=1S/C18H19N3O2/c1-13-8-18(23-6-5-20-12-22)14(2)7-16(13)9-15-3-4-17(10-19)21-11-15/h3-4,7-8,11-12H,5-6,9H2,1-2H3,(H,20,22). The monoisotopic (exact) mass is 309 g/mol. The molecule has 1 aromatic carbocycles. The van der Waals surface area contributed by atoms with E-state index in [2.05, 4.69) is 16.4 Å². The van der Waals surface area contributed by atoms with Gasteiger partial charge in [-0.25, -0.2) is 4.98 Å². The number of aryl methyl sites for hydroxylation is 2. The number of hydrogen-bond donors (Lipinski definition) is 1. The zero-order valence-electron chi connectivity index (χ0n) is 13.3. The predicted octanol–water partition coefficient (Wildman–Crippen LogP) is 2.29. The van der Waals surface area contributed by atoms with Crippen molar-refractivity contribution in [3.63, 3.8) is 0 Å². The Morgan fingerprint density at radius 1 is 1.30 bits per heavy atom. The highest BCUT2D eigenvalue weighted by atomic mass is 16.5. The molecule has 0 aliphatic rings. The molecule has 5 nitrogen and oxygen atoms in total. The van der Waals surface area contributed by atoms with Crippen LogP contribution in [-0.2, 0) is 11.2 Å². The van der Waals surface area contributed by atoms with Crippen LogP contribution in [0.3, 0.4) is 0 Å². The molecule has 0 atom stereocenters. The van der Waals surface area contributed by atoms with Gasteiger partial charge in [0.05, 0.1) is 6.54 Å². The van der Waals surface area contributed by atoms with Crippen molar-refractivity contribution >= 4 is 6.41 Å². The zero-order valence-corrected chi connectivity index (χ0v) is 13.3. The number of pyridine rings is 1. The Hall–Kier alpha value is -2.87. The number of aromatic nitrogens is 1. The Balaban J connectivity index is 2.09. The maximum absolute atomic E-state index is 10.2. The molecule has 23 heavy (non-hydrogen) atoms. The lowest BCUT2D eigenvalue weighted by Crippen LogP contribution is -2.19. The van der Waals surface area contributed by atoms with Crippen molar-refractivity contribution in [2.45, 2.75) is 20.3 Å². The van der Waals surface area contributed by atoms with Gasteiger partial charge < -0.3 is 10.1 Å². The second kappa shape index (κ2) is 7.95. The maximum Gasteiger partial charge on any atom is 0.207 e. The van der Waals surface area contributed by atoms with Gasteiger partial charge in [-0.3, -0.25) is 4.79 Å². The van der Waals surface area contributed by atoms with E-state index >= 15 is 0 Å². The molecule has 1 amide bonds. The van der Waals surface area contributed by atoms with Gasteiger partial charge in [0.15, 0.2) is 0 Å². The Morgan fingerprint density at radius 2 is 2.13 bits per heavy atom. The number of ether oxygens (including phenoxy) is 1. The first-order valence-corrected chi connectivity index (χ1v) is 7.39. The summed E-state index contributed by atoms with van der Waals surface area (Å²) in [6.07, 6.45) is 3.16. The van der Waals surface area contributed by atoms with Crippen LogP contribution in [0.1, 0.15) is 27.9 Å². The molecule has 0 unspecified atom stereocenters. The number of carbonyl (C=O) groups excluding carboxylic acids is 1. The van der Waals surface area contributed by atoms with Crippen molar-refractivity contribution in [2.75, 3.05) is 13.2 Å². The van der Waals surface area contributed by atoms with E-state index in [1.54, 1.807) is 12.3 Å². The summed E-state index contributed by atoms with van der Waals surface area (Å²) in [5.41, 5.74) is 4.88. The average molecular weight is 309 g/mol. The van der Waals surface area contributed by atoms with E-state index in [0.717, 1.165) is 28.9 Å². The minimum Gasteiger partial charge on any atom is -0.491 e. The predicted molar refractivity (Wildman–Crippen MR) is 87.2 cm³/mol. The molecule has 0 spiro atoms. The summed E-state index contributed by atoms with van der Waals surface area (Å²) in [6, 6.07) is 9.80. The number of benzene rings is 1. The van der Waals surface area contributed by atoms with E-state index < -0.39 is 0 Å². The molecule has 0 aliphatic carbocycles. The van der Waals surface area contributed by atoms with Gasteiger partial charge in [0.25, 0.3) is 0 Å². The van der Waals surface area contributed by atoms with Crippen LogP contribution in [0.15, 0.2) is 30.5 Å². The first-order valence-electron chi connectivity index (χ1n) is 7.39. The number of amides is 1. The van der Waals surface area contributed by atoms with Crippen LogP contribution in [0.4, 0.5) is 0 Å². The smallest absolute Gasteiger partial charge is 0.207 e. The molecule has 1 N–H and O–H groups in total. The van der Waals surface area contributed by atoms with Gasteiger partial charge in [-0.15, -0.1) is 0 Å². The molecule has 2 rings (SSSR count). The lowest BCUT2D eigenvalue weighted by molar-refractivity contribution is -0.109. The SMILES string of the molecule is Cc1cc(OCCNC=O)c(C)cc1Cc1ccc(C#N)nc1. The van der Waals surface area contributed by atoms with Crippen LogP contribution < -0.4 is 10.1 Å². The van der Waals surface area contributed by atoms with E-state index in [-0.39, 0.29) is 0 Å². The molecule has 0 radical (unpaired) electrons. The quantitative estimate of drug-likeness (QED) is 0.629. The summed E-state index contributed by atoms with van der Waals surface area (Å²) in [7, 11) is 0. The van der Waals surface area contributed by atoms with Crippen LogP contribution >= 0.6 is 0 Å². The third kappa shape index (κ3) is 4.55. The molecule has 0 saturated heterocycles. The summed E-state index contributed by atoms with van der Waals surface area (Å²) >= 11 is 0. The summed E-state index contributed by atoms with van der Waals surface area (Å²) in [4.78, 5) is 14.3. The number of hydrogen-bond acceptors (Lipinski definition) is 4. The van der Waals surface area contributed by atoms with E-state index in [1.165, 1.54) is 5.56 Å². The van der Waals surface area contributed by atoms with Crippen LogP contribution in [0.2, 0.25) is 0 Å². The fourth-order valence-electron chi connectivity index (χ4n) is 2.29. The van der Waals surface area contributed by atoms with E-state index in [4.69, 9.17) is 10.00 Å². The van der Waals surface area contributed by atoms with Crippen molar-refractivity contribution in [1.29, 1.82) is 5.26 Å². The van der Waals surface area contributed by atoms with Gasteiger partial charge in [0.2, 0.25) is 6.41 Å². The molecule has 0 saturated carbocycles. The van der Waals surface area contributed by atoms with Crippen molar-refractivity contribution < 1.29 is 9.53 Å². The number of carbonyl (C=O) groups is 1. The second-order valence-electron chi connectivity index (χ2n) is 5.30. The second-order valence-corrected chi connectivity index (χ2v) is 5.30. The van der Waals surface area contributed by atoms with Gasteiger partial charge in [-0.1, -0.05) is 12.1 Å². The zero-order chi connectivity index (χ0) is 16.7. The number of nitrogens with zero attached hydrogens (tertiary/aromatic N) is 2. The van der Waals surface area contributed by atoms with Gasteiger partial charge in [0.1, 0.15) is 24.1 Å². The molecule has 2 aromatic rings. The molecule has 1 aromatic heterocycles. The van der Waals surface area contributed by atoms with Crippen LogP contribution in [0.5, 0.6) is 5.75 Å². The van der Waals surface area contributed by atoms with Gasteiger partial charge in [0, 0.05) is 6.20 Å². The van der Waals surface area contributed by atoms with E-state index in [9.17, 15) is 4.79 Å². The highest BCUT2D eigenvalue weighted by Crippen LogP contribution is 2.24. The normalized spacial score (nSPS) is 9.96. The van der Waals surface area contributed by atoms with Crippen LogP contribution in [0.25, 0.3) is 0 Å². The highest BCUT2D eigenvalue weighted by Gasteiger charge is 2.07. The Kier molecular flexibility index (Phi) is 5.70. The summed E-state index contributed by atoms with van der Waals surface area (Å²) in [5.74, 6) is 0.830. The largest absolute Gasteiger partial charge is 0.491 e. The Bertz CT molecular complexity index is 718. The first-order chi connectivity index (χ1) is 11.1. The van der Waals surface area contributed by atoms with Gasteiger partial charge in [-0.2, -0.15) is 5.26 Å². The fraction of sp³-hybridized carbons (Fsp3) is 0.278. The van der Waals surface area contributed by atoms with Crippen LogP contribution in [-0.4, -0.2) is 24.5 Å². The van der Waals surface area contributed by atoms with Gasteiger partial charge >= 0.3 is 0 Å². The first kappa shape index (κ1) is 16.5. The minimum absolute atomic E-state index is 0.425. The molecule has 1 heterocycles. The van der Waals surface area contributed by atoms with Crippen molar-refractivity contribution in [1.82, 2.24) is 10.3 Å². The number of nitrogens with one attached hydrogen (secondary N) is 1. The third-order valence-electron chi connectivity index (χ3n) is 3.55. The van der Waals surface area contributed by atoms with E-state index in [0.29, 0.717) is 25.3 Å². The molecule has 0 aliphatic heterocycles. The molecular weight excluding hydrogens is 290 g/mol. The molecular formula is C18H19N3O2. The fourth-order valence-corrected chi connectivity index (χ4v) is 2.29. The summed E-state index contributed by atoms with van der Waals surface area (Å²) in [5, 5.41) is 11.4. The molecule has 0 fully saturated rings. The average Bonchev–Trinajstić information content (AvgIpc) is 2.56. The van der Waals surface area contributed by atoms with Crippen molar-refractivity contribution in [3.05, 3.63) is 58.4 Å². The summed E-state index contributed by atoms with van der Waals surface area (Å²) < 4.78 is 5.69. The molecule has 118 valence electrons. The summed E-state index contributed by atoms with van der Waals surface area (Å²) in [6.45, 7) is 4.98. The van der Waals surface area contributed by atoms with Crippen molar-refractivity contribution in [2.24, 2.45) is 0 Å². The third-order valence-corrected chi connectivity index (χ3v) is 3.55. The Labute approximate surface area is 135 Å². The molecule has 0 bridgehead atoms. The maximum atomic E-state index is 10.2. The topological polar surface area (TPSA) is 75.0 Å². The minimum atomic E-state index is 0.425. The van der Waals surface area contributed by atoms with Crippen molar-refractivity contribution in [3.8, 4) is 11.8 Å². The lowest BCUT2D eigenvalue weighted by Gasteiger charge is -2.13. The van der Waals surface area contributed by atoms with E-state index in [1.807, 2.05) is 32.0 Å².